The molecule has 1 fully saturated rings. The van der Waals surface area contributed by atoms with Crippen molar-refractivity contribution in [2.75, 3.05) is 19.0 Å². The Hall–Kier alpha value is -1.32. The summed E-state index contributed by atoms with van der Waals surface area (Å²) in [5.41, 5.74) is 3.75. The number of nitrogens with two attached hydrogens (primary N) is 1. The Morgan fingerprint density at radius 3 is 2.62 bits per heavy atom. The van der Waals surface area contributed by atoms with Crippen LogP contribution in [0.3, 0.4) is 0 Å². The van der Waals surface area contributed by atoms with Gasteiger partial charge in [0.05, 0.1) is 12.3 Å². The molecule has 0 radical (unpaired) electrons. The molecule has 1 saturated heterocycles. The number of hydrogen-bond donors (Lipinski definition) is 6. The molecule has 2 aromatic rings. The van der Waals surface area contributed by atoms with Crippen LogP contribution in [0.4, 0.5) is 10.2 Å². The molecule has 0 amide bonds. The van der Waals surface area contributed by atoms with Gasteiger partial charge in [-0.1, -0.05) is 0 Å². The lowest BCUT2D eigenvalue weighted by atomic mass is 9.96. The maximum atomic E-state index is 13.9. The summed E-state index contributed by atoms with van der Waals surface area (Å²) in [5, 5.41) is 24.7. The highest BCUT2D eigenvalue weighted by molar-refractivity contribution is 7.64. The molecule has 7 N–H and O–H groups in total. The van der Waals surface area contributed by atoms with Crippen LogP contribution in [0.15, 0.2) is 18.5 Å². The van der Waals surface area contributed by atoms with Crippen LogP contribution in [0.2, 0.25) is 0 Å². The number of phosphoric ester groups is 1. The zero-order valence-corrected chi connectivity index (χ0v) is 18.5. The molecular formula is C12H18FN4O12P3. The highest BCUT2D eigenvalue weighted by Crippen LogP contribution is 2.63. The number of nitrogens with zero attached hydrogens (tertiary/aromatic N) is 3. The lowest BCUT2D eigenvalue weighted by molar-refractivity contribution is -0.121. The number of aliphatic hydroxyl groups is 2. The first kappa shape index (κ1) is 25.3. The topological polar surface area (TPSA) is 245 Å². The Morgan fingerprint density at radius 2 is 2.00 bits per heavy atom. The number of anilines is 1. The molecule has 2 aromatic heterocycles. The third-order valence-electron chi connectivity index (χ3n) is 4.43. The van der Waals surface area contributed by atoms with Gasteiger partial charge in [0.25, 0.3) is 0 Å². The largest absolute Gasteiger partial charge is 0.488 e. The Balaban J connectivity index is 1.81. The van der Waals surface area contributed by atoms with Crippen molar-refractivity contribution >= 4 is 35.2 Å². The van der Waals surface area contributed by atoms with E-state index in [4.69, 9.17) is 20.3 Å². The monoisotopic (exact) mass is 522 g/mol. The molecule has 3 rings (SSSR count). The van der Waals surface area contributed by atoms with Crippen molar-refractivity contribution in [3.63, 3.8) is 0 Å². The highest BCUT2D eigenvalue weighted by atomic mass is 31.3. The number of alkyl halides is 1. The SMILES string of the molecule is Nc1ncnn2c([C@@H]3O[C@](CF)(COP(=O)(O)OP(=O)(O)O[PH](=O)O)[C@@H](O)[C@H]3O)ccc12. The standard InChI is InChI=1S/C12H18FN4O12P3/c13-3-12(4-26-31(22,23)29-32(24,25)28-30(20)21)10(19)8(18)9(27-12)6-1-2-7-11(14)15-5-16-17(6)7/h1-2,5,8-10,18-19,30H,3-4H2,(H,20,21)(H,22,23)(H,24,25)(H2,14,15,16)/t8-,9-,10-,12+/m0/s1. The number of nitrogen functional groups attached to an aromatic ring is 1. The van der Waals surface area contributed by atoms with Crippen LogP contribution in [-0.2, 0) is 31.6 Å². The zero-order valence-electron chi connectivity index (χ0n) is 15.7. The van der Waals surface area contributed by atoms with E-state index in [0.717, 1.165) is 6.33 Å². The highest BCUT2D eigenvalue weighted by Gasteiger charge is 2.57. The fourth-order valence-electron chi connectivity index (χ4n) is 3.02. The molecule has 0 spiro atoms. The summed E-state index contributed by atoms with van der Waals surface area (Å²) in [4.78, 5) is 31.0. The molecule has 1 aliphatic heterocycles. The third kappa shape index (κ3) is 5.09. The van der Waals surface area contributed by atoms with E-state index in [1.807, 2.05) is 0 Å². The van der Waals surface area contributed by atoms with Crippen LogP contribution < -0.4 is 5.73 Å². The lowest BCUT2D eigenvalue weighted by Crippen LogP contribution is -2.48. The maximum absolute atomic E-state index is 13.9. The summed E-state index contributed by atoms with van der Waals surface area (Å²) in [6.07, 6.45) is -4.08. The summed E-state index contributed by atoms with van der Waals surface area (Å²) < 4.78 is 66.2. The average Bonchev–Trinajstić information content (AvgIpc) is 3.20. The van der Waals surface area contributed by atoms with Gasteiger partial charge in [-0.25, -0.2) is 27.3 Å². The fourth-order valence-corrected chi connectivity index (χ4v) is 5.86. The summed E-state index contributed by atoms with van der Waals surface area (Å²) in [6.45, 7) is -2.79. The second-order valence-corrected chi connectivity index (χ2v) is 10.6. The van der Waals surface area contributed by atoms with Crippen molar-refractivity contribution < 1.29 is 60.9 Å². The van der Waals surface area contributed by atoms with E-state index in [1.54, 1.807) is 0 Å². The van der Waals surface area contributed by atoms with Gasteiger partial charge in [0.15, 0.2) is 5.82 Å². The number of rotatable bonds is 9. The molecule has 0 saturated carbocycles. The number of fused-ring (bicyclic) bond motifs is 1. The number of ether oxygens (including phenoxy) is 1. The second kappa shape index (κ2) is 9.14. The number of hydrogen-bond acceptors (Lipinski definition) is 12. The van der Waals surface area contributed by atoms with Crippen molar-refractivity contribution in [3.05, 3.63) is 24.2 Å². The van der Waals surface area contributed by atoms with E-state index >= 15 is 0 Å². The van der Waals surface area contributed by atoms with Crippen LogP contribution in [0, 0.1) is 0 Å². The lowest BCUT2D eigenvalue weighted by Gasteiger charge is -2.29. The van der Waals surface area contributed by atoms with Crippen LogP contribution in [0.25, 0.3) is 5.52 Å². The summed E-state index contributed by atoms with van der Waals surface area (Å²) >= 11 is 0. The first-order chi connectivity index (χ1) is 14.8. The van der Waals surface area contributed by atoms with Crippen molar-refractivity contribution in [1.82, 2.24) is 14.6 Å². The van der Waals surface area contributed by atoms with Crippen LogP contribution >= 0.6 is 23.9 Å². The van der Waals surface area contributed by atoms with Gasteiger partial charge in [0.1, 0.15) is 42.4 Å². The number of aliphatic hydroxyl groups excluding tert-OH is 2. The normalized spacial score (nSPS) is 30.8. The molecule has 7 atom stereocenters. The van der Waals surface area contributed by atoms with Gasteiger partial charge in [-0.15, -0.1) is 0 Å². The summed E-state index contributed by atoms with van der Waals surface area (Å²) in [7, 11) is -15.0. The minimum absolute atomic E-state index is 0.0823. The van der Waals surface area contributed by atoms with Gasteiger partial charge < -0.3 is 35.4 Å². The van der Waals surface area contributed by atoms with E-state index < -0.39 is 61.1 Å². The predicted molar refractivity (Wildman–Crippen MR) is 101 cm³/mol. The summed E-state index contributed by atoms with van der Waals surface area (Å²) in [5.74, 6) is 0.0823. The van der Waals surface area contributed by atoms with Crippen molar-refractivity contribution in [2.45, 2.75) is 23.9 Å². The molecule has 32 heavy (non-hydrogen) atoms. The Bertz CT molecular complexity index is 1120. The minimum Gasteiger partial charge on any atom is -0.387 e. The van der Waals surface area contributed by atoms with Gasteiger partial charge in [0.2, 0.25) is 0 Å². The van der Waals surface area contributed by atoms with E-state index in [1.165, 1.54) is 16.6 Å². The number of aromatic nitrogens is 3. The first-order valence-electron chi connectivity index (χ1n) is 8.43. The predicted octanol–water partition coefficient (Wildman–Crippen LogP) is -0.555. The van der Waals surface area contributed by atoms with E-state index in [-0.39, 0.29) is 11.5 Å². The quantitative estimate of drug-likeness (QED) is 0.226. The van der Waals surface area contributed by atoms with E-state index in [2.05, 4.69) is 23.2 Å². The van der Waals surface area contributed by atoms with E-state index in [0.29, 0.717) is 5.52 Å². The minimum atomic E-state index is -5.50. The molecule has 1 aliphatic rings. The van der Waals surface area contributed by atoms with Crippen LogP contribution in [0.1, 0.15) is 11.8 Å². The molecule has 180 valence electrons. The van der Waals surface area contributed by atoms with Crippen molar-refractivity contribution in [2.24, 2.45) is 0 Å². The second-order valence-electron chi connectivity index (χ2n) is 6.52. The Kier molecular flexibility index (Phi) is 7.23. The average molecular weight is 522 g/mol. The van der Waals surface area contributed by atoms with Crippen LogP contribution in [-0.4, -0.2) is 70.6 Å². The molecule has 0 aliphatic carbocycles. The molecule has 3 heterocycles. The maximum Gasteiger partial charge on any atom is 0.488 e. The molecule has 0 bridgehead atoms. The fraction of sp³-hybridized carbons (Fsp3) is 0.500. The van der Waals surface area contributed by atoms with Gasteiger partial charge in [-0.3, -0.25) is 9.09 Å². The molecule has 0 aromatic carbocycles. The first-order valence-corrected chi connectivity index (χ1v) is 12.7. The smallest absolute Gasteiger partial charge is 0.387 e. The van der Waals surface area contributed by atoms with Crippen LogP contribution in [0.5, 0.6) is 0 Å². The Labute approximate surface area is 178 Å². The third-order valence-corrected chi connectivity index (χ3v) is 8.09. The van der Waals surface area contributed by atoms with Gasteiger partial charge in [-0.05, 0) is 12.1 Å². The molecule has 3 unspecified atom stereocenters. The molecular weight excluding hydrogens is 504 g/mol. The van der Waals surface area contributed by atoms with Gasteiger partial charge >= 0.3 is 23.9 Å². The van der Waals surface area contributed by atoms with Crippen molar-refractivity contribution in [3.8, 4) is 0 Å². The molecule has 20 heteroatoms. The Morgan fingerprint density at radius 1 is 1.31 bits per heavy atom. The number of halogens is 1. The summed E-state index contributed by atoms with van der Waals surface area (Å²) in [6, 6.07) is 2.88. The zero-order chi connectivity index (χ0) is 23.9. The van der Waals surface area contributed by atoms with Crippen molar-refractivity contribution in [1.29, 1.82) is 0 Å². The van der Waals surface area contributed by atoms with E-state index in [9.17, 15) is 33.2 Å². The van der Waals surface area contributed by atoms with Gasteiger partial charge in [0, 0.05) is 0 Å². The molecule has 16 nitrogen and oxygen atoms in total. The number of phosphoric acid groups is 2. The van der Waals surface area contributed by atoms with Gasteiger partial charge in [-0.2, -0.15) is 9.41 Å².